The van der Waals surface area contributed by atoms with Gasteiger partial charge in [0.2, 0.25) is 0 Å². The molecule has 34 heavy (non-hydrogen) atoms. The number of fused-ring (bicyclic) bond motifs is 1. The number of amides is 1. The SMILES string of the molecule is CC(C)(C)Cc1ccc2c(c1)C(NCC(O)C(CC1(F)C=CC=C(F)C1)NC(=O)CF)=CCO2. The molecule has 0 spiro atoms. The molecule has 8 heteroatoms. The highest BCUT2D eigenvalue weighted by atomic mass is 19.2. The summed E-state index contributed by atoms with van der Waals surface area (Å²) in [5, 5.41) is 16.3. The van der Waals surface area contributed by atoms with Gasteiger partial charge in [-0.05, 0) is 47.8 Å². The van der Waals surface area contributed by atoms with Crippen molar-refractivity contribution in [2.45, 2.75) is 57.8 Å². The van der Waals surface area contributed by atoms with E-state index in [-0.39, 0.29) is 12.0 Å². The van der Waals surface area contributed by atoms with Gasteiger partial charge < -0.3 is 20.5 Å². The molecule has 1 aliphatic carbocycles. The smallest absolute Gasteiger partial charge is 0.251 e. The van der Waals surface area contributed by atoms with E-state index in [0.29, 0.717) is 12.4 Å². The number of hydrogen-bond donors (Lipinski definition) is 3. The lowest BCUT2D eigenvalue weighted by Crippen LogP contribution is -2.50. The van der Waals surface area contributed by atoms with Crippen molar-refractivity contribution >= 4 is 11.6 Å². The van der Waals surface area contributed by atoms with E-state index in [1.165, 1.54) is 12.2 Å². The third-order valence-corrected chi connectivity index (χ3v) is 5.72. The fourth-order valence-corrected chi connectivity index (χ4v) is 4.24. The second kappa shape index (κ2) is 10.7. The summed E-state index contributed by atoms with van der Waals surface area (Å²) in [5.74, 6) is -0.897. The van der Waals surface area contributed by atoms with Crippen LogP contribution in [0.1, 0.15) is 44.7 Å². The van der Waals surface area contributed by atoms with Crippen LogP contribution < -0.4 is 15.4 Å². The van der Waals surface area contributed by atoms with Crippen molar-refractivity contribution in [2.75, 3.05) is 19.8 Å². The lowest BCUT2D eigenvalue weighted by Gasteiger charge is -2.32. The largest absolute Gasteiger partial charge is 0.489 e. The van der Waals surface area contributed by atoms with Crippen molar-refractivity contribution in [3.05, 3.63) is 59.5 Å². The number of hydrogen-bond acceptors (Lipinski definition) is 4. The number of ether oxygens (including phenoxy) is 1. The van der Waals surface area contributed by atoms with Crippen molar-refractivity contribution in [1.29, 1.82) is 0 Å². The first kappa shape index (κ1) is 25.9. The Balaban J connectivity index is 1.71. The number of aliphatic hydroxyl groups is 1. The lowest BCUT2D eigenvalue weighted by atomic mass is 9.87. The Kier molecular flexibility index (Phi) is 8.13. The minimum absolute atomic E-state index is 0.0376. The molecule has 3 atom stereocenters. The third-order valence-electron chi connectivity index (χ3n) is 5.72. The molecule has 1 heterocycles. The molecule has 0 bridgehead atoms. The number of halogens is 3. The van der Waals surface area contributed by atoms with Gasteiger partial charge in [-0.2, -0.15) is 0 Å². The summed E-state index contributed by atoms with van der Waals surface area (Å²) >= 11 is 0. The summed E-state index contributed by atoms with van der Waals surface area (Å²) in [6.45, 7) is 5.47. The van der Waals surface area contributed by atoms with Gasteiger partial charge in [-0.3, -0.25) is 4.79 Å². The van der Waals surface area contributed by atoms with E-state index in [0.717, 1.165) is 29.3 Å². The van der Waals surface area contributed by atoms with Crippen molar-refractivity contribution in [3.8, 4) is 5.75 Å². The van der Waals surface area contributed by atoms with Crippen LogP contribution in [0.4, 0.5) is 13.2 Å². The minimum Gasteiger partial charge on any atom is -0.489 e. The molecule has 186 valence electrons. The summed E-state index contributed by atoms with van der Waals surface area (Å²) in [5.41, 5.74) is 0.725. The fraction of sp³-hybridized carbons (Fsp3) is 0.500. The van der Waals surface area contributed by atoms with Crippen LogP contribution in [0.2, 0.25) is 0 Å². The van der Waals surface area contributed by atoms with Gasteiger partial charge in [-0.25, -0.2) is 13.2 Å². The first-order chi connectivity index (χ1) is 16.0. The number of alkyl halides is 2. The van der Waals surface area contributed by atoms with Crippen molar-refractivity contribution in [3.63, 3.8) is 0 Å². The summed E-state index contributed by atoms with van der Waals surface area (Å²) in [6, 6.07) is 4.85. The maximum absolute atomic E-state index is 15.2. The van der Waals surface area contributed by atoms with E-state index >= 15 is 4.39 Å². The predicted molar refractivity (Wildman–Crippen MR) is 126 cm³/mol. The Morgan fingerprint density at radius 2 is 2.09 bits per heavy atom. The molecule has 2 aliphatic rings. The average Bonchev–Trinajstić information content (AvgIpc) is 2.75. The van der Waals surface area contributed by atoms with Crippen LogP contribution in [0.5, 0.6) is 5.75 Å². The Hall–Kier alpha value is -2.74. The van der Waals surface area contributed by atoms with E-state index in [1.54, 1.807) is 0 Å². The first-order valence-corrected chi connectivity index (χ1v) is 11.4. The van der Waals surface area contributed by atoms with Gasteiger partial charge >= 0.3 is 0 Å². The summed E-state index contributed by atoms with van der Waals surface area (Å²) in [7, 11) is 0. The standard InChI is InChI=1S/C26H33F3N2O3/c1-25(2,3)12-17-6-7-23-19(11-17)20(8-10-34-23)30-16-22(32)21(31-24(33)15-27)14-26(29)9-4-5-18(28)13-26/h4-9,11,21-22,30,32H,10,12-16H2,1-3H3,(H,31,33). The minimum atomic E-state index is -2.10. The molecule has 1 aromatic rings. The number of carbonyl (C=O) groups is 1. The quantitative estimate of drug-likeness (QED) is 0.494. The predicted octanol–water partition coefficient (Wildman–Crippen LogP) is 4.33. The Morgan fingerprint density at radius 1 is 1.32 bits per heavy atom. The zero-order valence-electron chi connectivity index (χ0n) is 19.8. The molecule has 0 saturated carbocycles. The molecule has 5 nitrogen and oxygen atoms in total. The van der Waals surface area contributed by atoms with E-state index in [4.69, 9.17) is 4.74 Å². The van der Waals surface area contributed by atoms with Crippen LogP contribution >= 0.6 is 0 Å². The Labute approximate surface area is 198 Å². The molecule has 0 radical (unpaired) electrons. The van der Waals surface area contributed by atoms with Crippen molar-refractivity contribution < 1.29 is 27.8 Å². The van der Waals surface area contributed by atoms with Crippen LogP contribution in [0.3, 0.4) is 0 Å². The van der Waals surface area contributed by atoms with Gasteiger partial charge in [0.05, 0.1) is 12.1 Å². The van der Waals surface area contributed by atoms with Gasteiger partial charge in [-0.1, -0.05) is 32.9 Å². The Bertz CT molecular complexity index is 984. The van der Waals surface area contributed by atoms with Crippen LogP contribution in [0.25, 0.3) is 5.70 Å². The van der Waals surface area contributed by atoms with E-state index < -0.39 is 49.1 Å². The highest BCUT2D eigenvalue weighted by molar-refractivity contribution is 5.77. The number of carbonyl (C=O) groups excluding carboxylic acids is 1. The maximum Gasteiger partial charge on any atom is 0.251 e. The highest BCUT2D eigenvalue weighted by Gasteiger charge is 2.36. The second-order valence-electron chi connectivity index (χ2n) is 10.1. The molecule has 1 amide bonds. The zero-order chi connectivity index (χ0) is 24.9. The van der Waals surface area contributed by atoms with Crippen molar-refractivity contribution in [2.24, 2.45) is 5.41 Å². The van der Waals surface area contributed by atoms with Crippen LogP contribution in [0.15, 0.2) is 48.3 Å². The average molecular weight is 479 g/mol. The zero-order valence-corrected chi connectivity index (χ0v) is 19.8. The monoisotopic (exact) mass is 478 g/mol. The number of rotatable bonds is 9. The summed E-state index contributed by atoms with van der Waals surface area (Å²) in [6.07, 6.45) is 4.17. The molecule has 0 saturated heterocycles. The maximum atomic E-state index is 15.2. The van der Waals surface area contributed by atoms with Crippen LogP contribution in [0, 0.1) is 5.41 Å². The summed E-state index contributed by atoms with van der Waals surface area (Å²) < 4.78 is 47.4. The number of nitrogens with one attached hydrogen (secondary N) is 2. The molecule has 0 fully saturated rings. The molecular formula is C26H33F3N2O3. The van der Waals surface area contributed by atoms with Gasteiger partial charge in [0, 0.05) is 30.6 Å². The molecule has 3 unspecified atom stereocenters. The third kappa shape index (κ3) is 7.13. The first-order valence-electron chi connectivity index (χ1n) is 11.4. The molecular weight excluding hydrogens is 445 g/mol. The number of aliphatic hydroxyl groups excluding tert-OH is 1. The molecule has 0 aromatic heterocycles. The fourth-order valence-electron chi connectivity index (χ4n) is 4.24. The molecule has 1 aromatic carbocycles. The van der Waals surface area contributed by atoms with Crippen molar-refractivity contribution in [1.82, 2.24) is 10.6 Å². The van der Waals surface area contributed by atoms with E-state index in [1.807, 2.05) is 24.3 Å². The van der Waals surface area contributed by atoms with E-state index in [2.05, 4.69) is 31.4 Å². The highest BCUT2D eigenvalue weighted by Crippen LogP contribution is 2.34. The van der Waals surface area contributed by atoms with Gasteiger partial charge in [-0.15, -0.1) is 0 Å². The number of benzene rings is 1. The van der Waals surface area contributed by atoms with Gasteiger partial charge in [0.25, 0.3) is 5.91 Å². The molecule has 3 N–H and O–H groups in total. The number of allylic oxidation sites excluding steroid dienone is 4. The van der Waals surface area contributed by atoms with Crippen LogP contribution in [-0.2, 0) is 11.2 Å². The van der Waals surface area contributed by atoms with Gasteiger partial charge in [0.15, 0.2) is 6.67 Å². The lowest BCUT2D eigenvalue weighted by molar-refractivity contribution is -0.123. The van der Waals surface area contributed by atoms with Crippen LogP contribution in [-0.4, -0.2) is 48.7 Å². The molecule has 3 rings (SSSR count). The normalized spacial score (nSPS) is 21.5. The van der Waals surface area contributed by atoms with E-state index in [9.17, 15) is 18.7 Å². The Morgan fingerprint density at radius 3 is 2.76 bits per heavy atom. The second-order valence-corrected chi connectivity index (χ2v) is 10.1. The van der Waals surface area contributed by atoms with Gasteiger partial charge in [0.1, 0.15) is 23.9 Å². The molecule has 1 aliphatic heterocycles. The summed E-state index contributed by atoms with van der Waals surface area (Å²) in [4.78, 5) is 11.7. The topological polar surface area (TPSA) is 70.6 Å².